The van der Waals surface area contributed by atoms with Gasteiger partial charge in [-0.2, -0.15) is 0 Å². The lowest BCUT2D eigenvalue weighted by Crippen LogP contribution is -2.57. The van der Waals surface area contributed by atoms with Gasteiger partial charge in [-0.3, -0.25) is 0 Å². The number of halogens is 1. The summed E-state index contributed by atoms with van der Waals surface area (Å²) in [5.74, 6) is 0. The standard InChI is InChI=1S/C7H10IN3O3/c1-9-6(12)10(2-5-3-14-5)4-11(8)7(9)13/h5H,2-4H2,1H3. The molecular formula is C7H10IN3O3. The highest BCUT2D eigenvalue weighted by Gasteiger charge is 2.37. The molecule has 2 saturated heterocycles. The van der Waals surface area contributed by atoms with Crippen LogP contribution in [0.15, 0.2) is 0 Å². The predicted octanol–water partition coefficient (Wildman–Crippen LogP) is 0.482. The van der Waals surface area contributed by atoms with Crippen LogP contribution in [0.5, 0.6) is 0 Å². The van der Waals surface area contributed by atoms with Gasteiger partial charge in [0.2, 0.25) is 0 Å². The fourth-order valence-corrected chi connectivity index (χ4v) is 1.97. The molecule has 0 N–H and O–H groups in total. The van der Waals surface area contributed by atoms with E-state index in [4.69, 9.17) is 4.74 Å². The highest BCUT2D eigenvalue weighted by atomic mass is 127. The zero-order valence-corrected chi connectivity index (χ0v) is 9.80. The Morgan fingerprint density at radius 1 is 1.50 bits per heavy atom. The third-order valence-corrected chi connectivity index (χ3v) is 2.89. The Morgan fingerprint density at radius 3 is 2.71 bits per heavy atom. The summed E-state index contributed by atoms with van der Waals surface area (Å²) in [6.07, 6.45) is 0.158. The highest BCUT2D eigenvalue weighted by molar-refractivity contribution is 14.1. The number of hydrogen-bond donors (Lipinski definition) is 0. The molecule has 2 rings (SSSR count). The van der Waals surface area contributed by atoms with E-state index in [1.165, 1.54) is 10.2 Å². The number of carbonyl (C=O) groups is 2. The highest BCUT2D eigenvalue weighted by Crippen LogP contribution is 2.18. The number of ether oxygens (including phenoxy) is 1. The largest absolute Gasteiger partial charge is 0.371 e. The Morgan fingerprint density at radius 2 is 2.14 bits per heavy atom. The van der Waals surface area contributed by atoms with Crippen LogP contribution in [-0.2, 0) is 4.74 Å². The third kappa shape index (κ3) is 1.78. The summed E-state index contributed by atoms with van der Waals surface area (Å²) in [6, 6.07) is -0.526. The van der Waals surface area contributed by atoms with Gasteiger partial charge in [0.1, 0.15) is 6.67 Å². The quantitative estimate of drug-likeness (QED) is 0.423. The monoisotopic (exact) mass is 311 g/mol. The lowest BCUT2D eigenvalue weighted by atomic mass is 10.4. The molecule has 14 heavy (non-hydrogen) atoms. The molecule has 0 bridgehead atoms. The van der Waals surface area contributed by atoms with E-state index in [1.807, 2.05) is 22.9 Å². The number of hydrogen-bond acceptors (Lipinski definition) is 3. The maximum atomic E-state index is 11.6. The van der Waals surface area contributed by atoms with Crippen molar-refractivity contribution >= 4 is 34.9 Å². The fourth-order valence-electron chi connectivity index (χ4n) is 1.28. The summed E-state index contributed by atoms with van der Waals surface area (Å²) in [7, 11) is 1.48. The first-order valence-corrected chi connectivity index (χ1v) is 5.17. The molecule has 2 fully saturated rings. The number of carbonyl (C=O) groups excluding carboxylic acids is 2. The van der Waals surface area contributed by atoms with Gasteiger partial charge in [-0.15, -0.1) is 0 Å². The summed E-state index contributed by atoms with van der Waals surface area (Å²) in [4.78, 5) is 25.7. The van der Waals surface area contributed by atoms with E-state index in [0.29, 0.717) is 19.8 Å². The number of urea groups is 2. The first-order chi connectivity index (χ1) is 6.59. The molecule has 0 radical (unpaired) electrons. The second kappa shape index (κ2) is 3.54. The molecule has 1 unspecified atom stereocenters. The minimum Gasteiger partial charge on any atom is -0.371 e. The van der Waals surface area contributed by atoms with Crippen molar-refractivity contribution in [2.75, 3.05) is 26.9 Å². The summed E-state index contributed by atoms with van der Waals surface area (Å²) in [5, 5.41) is 0. The van der Waals surface area contributed by atoms with Crippen molar-refractivity contribution in [3.05, 3.63) is 0 Å². The predicted molar refractivity (Wildman–Crippen MR) is 55.7 cm³/mol. The van der Waals surface area contributed by atoms with Crippen LogP contribution >= 0.6 is 22.9 Å². The molecule has 4 amide bonds. The Bertz CT molecular complexity index is 281. The Hall–Kier alpha value is -0.570. The molecule has 0 aliphatic carbocycles. The molecule has 2 aliphatic rings. The molecular weight excluding hydrogens is 301 g/mol. The lowest BCUT2D eigenvalue weighted by Gasteiger charge is -2.36. The number of nitrogens with zero attached hydrogens (tertiary/aromatic N) is 3. The maximum absolute atomic E-state index is 11.6. The molecule has 0 aromatic carbocycles. The number of imide groups is 1. The van der Waals surface area contributed by atoms with Crippen LogP contribution in [0.1, 0.15) is 0 Å². The molecule has 0 spiro atoms. The molecule has 0 aromatic heterocycles. The van der Waals surface area contributed by atoms with Crippen LogP contribution in [0.25, 0.3) is 0 Å². The second-order valence-corrected chi connectivity index (χ2v) is 4.47. The van der Waals surface area contributed by atoms with E-state index in [9.17, 15) is 9.59 Å². The van der Waals surface area contributed by atoms with Gasteiger partial charge >= 0.3 is 12.1 Å². The summed E-state index contributed by atoms with van der Waals surface area (Å²) in [5.41, 5.74) is 0. The van der Waals surface area contributed by atoms with Crippen LogP contribution in [0.4, 0.5) is 9.59 Å². The zero-order valence-electron chi connectivity index (χ0n) is 7.64. The fraction of sp³-hybridized carbons (Fsp3) is 0.714. The van der Waals surface area contributed by atoms with Crippen molar-refractivity contribution in [3.8, 4) is 0 Å². The normalized spacial score (nSPS) is 27.3. The molecule has 0 saturated carbocycles. The summed E-state index contributed by atoms with van der Waals surface area (Å²) < 4.78 is 6.51. The minimum absolute atomic E-state index is 0.158. The molecule has 7 heteroatoms. The third-order valence-electron chi connectivity index (χ3n) is 2.17. The second-order valence-electron chi connectivity index (χ2n) is 3.31. The van der Waals surface area contributed by atoms with Gasteiger partial charge in [0.25, 0.3) is 0 Å². The van der Waals surface area contributed by atoms with Crippen molar-refractivity contribution in [3.63, 3.8) is 0 Å². The molecule has 0 aromatic rings. The average Bonchev–Trinajstić information content (AvgIpc) is 2.94. The maximum Gasteiger partial charge on any atom is 0.338 e. The van der Waals surface area contributed by atoms with Crippen LogP contribution < -0.4 is 0 Å². The first-order valence-electron chi connectivity index (χ1n) is 4.21. The van der Waals surface area contributed by atoms with E-state index in [-0.39, 0.29) is 18.2 Å². The Labute approximate surface area is 95.3 Å². The summed E-state index contributed by atoms with van der Waals surface area (Å²) in [6.45, 7) is 1.61. The van der Waals surface area contributed by atoms with Gasteiger partial charge in [-0.05, 0) is 0 Å². The lowest BCUT2D eigenvalue weighted by molar-refractivity contribution is 0.118. The van der Waals surface area contributed by atoms with Crippen molar-refractivity contribution in [2.45, 2.75) is 6.10 Å². The number of rotatable bonds is 2. The van der Waals surface area contributed by atoms with Crippen molar-refractivity contribution in [1.29, 1.82) is 0 Å². The minimum atomic E-state index is -0.274. The average molecular weight is 311 g/mol. The van der Waals surface area contributed by atoms with Gasteiger partial charge in [0.05, 0.1) is 42.1 Å². The number of amides is 4. The van der Waals surface area contributed by atoms with Crippen LogP contribution in [0.3, 0.4) is 0 Å². The molecule has 2 aliphatic heterocycles. The van der Waals surface area contributed by atoms with Gasteiger partial charge in [0.15, 0.2) is 0 Å². The first kappa shape index (κ1) is 9.97. The van der Waals surface area contributed by atoms with Crippen molar-refractivity contribution < 1.29 is 14.3 Å². The van der Waals surface area contributed by atoms with Gasteiger partial charge in [0, 0.05) is 7.05 Å². The topological polar surface area (TPSA) is 56.4 Å². The van der Waals surface area contributed by atoms with Crippen molar-refractivity contribution in [1.82, 2.24) is 12.9 Å². The van der Waals surface area contributed by atoms with Gasteiger partial charge in [-0.25, -0.2) is 17.6 Å². The van der Waals surface area contributed by atoms with E-state index >= 15 is 0 Å². The number of epoxide rings is 1. The van der Waals surface area contributed by atoms with Gasteiger partial charge < -0.3 is 9.64 Å². The zero-order chi connectivity index (χ0) is 10.3. The van der Waals surface area contributed by atoms with E-state index < -0.39 is 0 Å². The van der Waals surface area contributed by atoms with E-state index in [2.05, 4.69) is 0 Å². The molecule has 1 atom stereocenters. The van der Waals surface area contributed by atoms with E-state index in [0.717, 1.165) is 4.90 Å². The SMILES string of the molecule is CN1C(=O)N(I)CN(CC2CO2)C1=O. The van der Waals surface area contributed by atoms with Gasteiger partial charge in [-0.1, -0.05) is 0 Å². The van der Waals surface area contributed by atoms with Crippen LogP contribution in [-0.4, -0.2) is 57.9 Å². The van der Waals surface area contributed by atoms with E-state index in [1.54, 1.807) is 4.90 Å². The molecule has 2 heterocycles. The molecule has 78 valence electrons. The van der Waals surface area contributed by atoms with Crippen LogP contribution in [0.2, 0.25) is 0 Å². The van der Waals surface area contributed by atoms with Crippen molar-refractivity contribution in [2.24, 2.45) is 0 Å². The Kier molecular flexibility index (Phi) is 2.52. The molecule has 6 nitrogen and oxygen atoms in total. The smallest absolute Gasteiger partial charge is 0.338 e. The summed E-state index contributed by atoms with van der Waals surface area (Å²) >= 11 is 1.90. The Balaban J connectivity index is 2.03. The van der Waals surface area contributed by atoms with Crippen LogP contribution in [0, 0.1) is 0 Å².